The lowest BCUT2D eigenvalue weighted by Gasteiger charge is -2.22. The van der Waals surface area contributed by atoms with Crippen molar-refractivity contribution < 1.29 is 4.42 Å². The molecule has 0 spiro atoms. The standard InChI is InChI=1S/C17H23N3OS/c1-14(2)11-19-17(18-8-6-16-5-4-9-21-16)20(3)12-15-7-10-22-13-15/h4-5,7,9-10,13H,1,6,8,11-12H2,2-3H3,(H,18,19). The van der Waals surface area contributed by atoms with Gasteiger partial charge in [-0.2, -0.15) is 11.3 Å². The summed E-state index contributed by atoms with van der Waals surface area (Å²) >= 11 is 1.71. The van der Waals surface area contributed by atoms with Crippen molar-refractivity contribution in [2.24, 2.45) is 4.99 Å². The first-order chi connectivity index (χ1) is 10.6. The predicted octanol–water partition coefficient (Wildman–Crippen LogP) is 3.54. The normalized spacial score (nSPS) is 11.5. The van der Waals surface area contributed by atoms with Crippen LogP contribution in [0.25, 0.3) is 0 Å². The lowest BCUT2D eigenvalue weighted by molar-refractivity contribution is 0.469. The van der Waals surface area contributed by atoms with E-state index in [9.17, 15) is 0 Å². The maximum Gasteiger partial charge on any atom is 0.194 e. The van der Waals surface area contributed by atoms with Crippen LogP contribution in [0, 0.1) is 0 Å². The van der Waals surface area contributed by atoms with Crippen molar-refractivity contribution >= 4 is 17.3 Å². The van der Waals surface area contributed by atoms with Crippen molar-refractivity contribution in [2.45, 2.75) is 19.9 Å². The van der Waals surface area contributed by atoms with Crippen molar-refractivity contribution in [3.63, 3.8) is 0 Å². The van der Waals surface area contributed by atoms with Gasteiger partial charge >= 0.3 is 0 Å². The van der Waals surface area contributed by atoms with E-state index in [4.69, 9.17) is 4.42 Å². The second-order valence-corrected chi connectivity index (χ2v) is 6.12. The monoisotopic (exact) mass is 317 g/mol. The van der Waals surface area contributed by atoms with Crippen LogP contribution in [0.5, 0.6) is 0 Å². The lowest BCUT2D eigenvalue weighted by atomic mass is 10.3. The van der Waals surface area contributed by atoms with E-state index < -0.39 is 0 Å². The zero-order chi connectivity index (χ0) is 15.8. The van der Waals surface area contributed by atoms with E-state index in [0.29, 0.717) is 6.54 Å². The molecule has 2 rings (SSSR count). The molecule has 2 aromatic rings. The minimum Gasteiger partial charge on any atom is -0.469 e. The number of hydrogen-bond donors (Lipinski definition) is 1. The van der Waals surface area contributed by atoms with Gasteiger partial charge in [-0.3, -0.25) is 0 Å². The molecule has 0 aliphatic carbocycles. The maximum atomic E-state index is 5.35. The Morgan fingerprint density at radius 2 is 2.32 bits per heavy atom. The fourth-order valence-electron chi connectivity index (χ4n) is 2.01. The fourth-order valence-corrected chi connectivity index (χ4v) is 2.66. The molecule has 22 heavy (non-hydrogen) atoms. The van der Waals surface area contributed by atoms with Gasteiger partial charge in [-0.25, -0.2) is 4.99 Å². The van der Waals surface area contributed by atoms with Crippen LogP contribution >= 0.6 is 11.3 Å². The number of rotatable bonds is 7. The molecule has 0 bridgehead atoms. The first-order valence-electron chi connectivity index (χ1n) is 7.32. The van der Waals surface area contributed by atoms with Gasteiger partial charge in [-0.15, -0.1) is 0 Å². The summed E-state index contributed by atoms with van der Waals surface area (Å²) in [4.78, 5) is 6.76. The highest BCUT2D eigenvalue weighted by Crippen LogP contribution is 2.08. The Labute approximate surface area is 136 Å². The summed E-state index contributed by atoms with van der Waals surface area (Å²) in [5, 5.41) is 7.66. The number of nitrogens with zero attached hydrogens (tertiary/aromatic N) is 2. The second kappa shape index (κ2) is 8.44. The summed E-state index contributed by atoms with van der Waals surface area (Å²) in [5.41, 5.74) is 2.35. The van der Waals surface area contributed by atoms with Gasteiger partial charge in [0.15, 0.2) is 5.96 Å². The Bertz CT molecular complexity index is 587. The number of furan rings is 1. The quantitative estimate of drug-likeness (QED) is 0.482. The summed E-state index contributed by atoms with van der Waals surface area (Å²) in [6.07, 6.45) is 2.54. The minimum atomic E-state index is 0.636. The summed E-state index contributed by atoms with van der Waals surface area (Å²) in [7, 11) is 2.05. The average Bonchev–Trinajstić information content (AvgIpc) is 3.15. The molecular weight excluding hydrogens is 294 g/mol. The number of aliphatic imine (C=N–C) groups is 1. The van der Waals surface area contributed by atoms with E-state index in [1.54, 1.807) is 17.6 Å². The molecule has 2 aromatic heterocycles. The molecule has 0 aliphatic rings. The van der Waals surface area contributed by atoms with E-state index >= 15 is 0 Å². The van der Waals surface area contributed by atoms with Crippen LogP contribution in [-0.4, -0.2) is 31.0 Å². The number of thiophene rings is 1. The molecule has 0 fully saturated rings. The Balaban J connectivity index is 1.92. The topological polar surface area (TPSA) is 40.8 Å². The van der Waals surface area contributed by atoms with Gasteiger partial charge in [0.25, 0.3) is 0 Å². The van der Waals surface area contributed by atoms with Crippen LogP contribution in [0.15, 0.2) is 56.8 Å². The van der Waals surface area contributed by atoms with Crippen molar-refractivity contribution in [3.05, 3.63) is 58.7 Å². The fraction of sp³-hybridized carbons (Fsp3) is 0.353. The third-order valence-electron chi connectivity index (χ3n) is 3.09. The van der Waals surface area contributed by atoms with Gasteiger partial charge in [-0.05, 0) is 41.4 Å². The van der Waals surface area contributed by atoms with Crippen LogP contribution in [0.3, 0.4) is 0 Å². The molecule has 2 heterocycles. The van der Waals surface area contributed by atoms with Crippen LogP contribution in [-0.2, 0) is 13.0 Å². The Morgan fingerprint density at radius 3 is 2.95 bits per heavy atom. The molecule has 118 valence electrons. The molecule has 0 amide bonds. The maximum absolute atomic E-state index is 5.35. The van der Waals surface area contributed by atoms with Gasteiger partial charge in [0.05, 0.1) is 12.8 Å². The molecule has 0 radical (unpaired) electrons. The smallest absolute Gasteiger partial charge is 0.194 e. The number of guanidine groups is 1. The van der Waals surface area contributed by atoms with E-state index in [0.717, 1.165) is 36.8 Å². The van der Waals surface area contributed by atoms with Crippen LogP contribution < -0.4 is 5.32 Å². The van der Waals surface area contributed by atoms with E-state index in [2.05, 4.69) is 45.7 Å². The molecule has 0 atom stereocenters. The van der Waals surface area contributed by atoms with Crippen molar-refractivity contribution in [1.29, 1.82) is 0 Å². The summed E-state index contributed by atoms with van der Waals surface area (Å²) < 4.78 is 5.35. The zero-order valence-corrected chi connectivity index (χ0v) is 14.0. The SMILES string of the molecule is C=C(C)CN=C(NCCc1ccco1)N(C)Cc1ccsc1. The van der Waals surface area contributed by atoms with Gasteiger partial charge in [0.1, 0.15) is 5.76 Å². The molecule has 1 N–H and O–H groups in total. The minimum absolute atomic E-state index is 0.636. The highest BCUT2D eigenvalue weighted by Gasteiger charge is 2.08. The highest BCUT2D eigenvalue weighted by molar-refractivity contribution is 7.07. The second-order valence-electron chi connectivity index (χ2n) is 5.34. The molecule has 0 aromatic carbocycles. The zero-order valence-electron chi connectivity index (χ0n) is 13.2. The largest absolute Gasteiger partial charge is 0.469 e. The van der Waals surface area contributed by atoms with Crippen molar-refractivity contribution in [3.8, 4) is 0 Å². The van der Waals surface area contributed by atoms with E-state index in [1.807, 2.05) is 19.1 Å². The van der Waals surface area contributed by atoms with Crippen LogP contribution in [0.4, 0.5) is 0 Å². The Hall–Kier alpha value is -2.01. The van der Waals surface area contributed by atoms with Gasteiger partial charge in [0.2, 0.25) is 0 Å². The van der Waals surface area contributed by atoms with Crippen molar-refractivity contribution in [2.75, 3.05) is 20.1 Å². The predicted molar refractivity (Wildman–Crippen MR) is 93.3 cm³/mol. The summed E-state index contributed by atoms with van der Waals surface area (Å²) in [6.45, 7) is 8.17. The number of hydrogen-bond acceptors (Lipinski definition) is 3. The molecule has 0 saturated heterocycles. The van der Waals surface area contributed by atoms with Gasteiger partial charge in [0, 0.05) is 26.6 Å². The average molecular weight is 317 g/mol. The van der Waals surface area contributed by atoms with Crippen molar-refractivity contribution in [1.82, 2.24) is 10.2 Å². The highest BCUT2D eigenvalue weighted by atomic mass is 32.1. The third-order valence-corrected chi connectivity index (χ3v) is 3.83. The lowest BCUT2D eigenvalue weighted by Crippen LogP contribution is -2.39. The summed E-state index contributed by atoms with van der Waals surface area (Å²) in [5.74, 6) is 1.87. The molecule has 0 unspecified atom stereocenters. The van der Waals surface area contributed by atoms with E-state index in [-0.39, 0.29) is 0 Å². The molecule has 5 heteroatoms. The first-order valence-corrected chi connectivity index (χ1v) is 8.26. The number of nitrogens with one attached hydrogen (secondary N) is 1. The van der Waals surface area contributed by atoms with Crippen LogP contribution in [0.2, 0.25) is 0 Å². The Morgan fingerprint density at radius 1 is 1.45 bits per heavy atom. The molecule has 4 nitrogen and oxygen atoms in total. The first kappa shape index (κ1) is 16.4. The Kier molecular flexibility index (Phi) is 6.27. The van der Waals surface area contributed by atoms with E-state index in [1.165, 1.54) is 5.56 Å². The summed E-state index contributed by atoms with van der Waals surface area (Å²) in [6, 6.07) is 6.04. The molecular formula is C17H23N3OS. The van der Waals surface area contributed by atoms with Gasteiger partial charge < -0.3 is 14.6 Å². The molecule has 0 saturated carbocycles. The van der Waals surface area contributed by atoms with Gasteiger partial charge in [-0.1, -0.05) is 12.2 Å². The third kappa shape index (κ3) is 5.41. The molecule has 0 aliphatic heterocycles. The van der Waals surface area contributed by atoms with Crippen LogP contribution in [0.1, 0.15) is 18.2 Å².